The Morgan fingerprint density at radius 3 is 2.46 bits per heavy atom. The lowest BCUT2D eigenvalue weighted by Gasteiger charge is -2.30. The highest BCUT2D eigenvalue weighted by molar-refractivity contribution is 5.90. The van der Waals surface area contributed by atoms with Crippen LogP contribution in [0.25, 0.3) is 0 Å². The standard InChI is InChI=1S/C8H15FN4/c1-12-6-8(12,9)7(10)13-4-2-11-3-5-13/h10-11H,2-6H2,1H3. The zero-order valence-electron chi connectivity index (χ0n) is 7.81. The molecule has 0 aliphatic carbocycles. The van der Waals surface area contributed by atoms with E-state index < -0.39 is 5.79 Å². The zero-order chi connectivity index (χ0) is 9.47. The van der Waals surface area contributed by atoms with Crippen molar-refractivity contribution >= 4 is 5.84 Å². The van der Waals surface area contributed by atoms with Gasteiger partial charge in [0, 0.05) is 26.2 Å². The Morgan fingerprint density at radius 1 is 1.46 bits per heavy atom. The lowest BCUT2D eigenvalue weighted by molar-refractivity contribution is 0.259. The van der Waals surface area contributed by atoms with Gasteiger partial charge in [-0.1, -0.05) is 0 Å². The van der Waals surface area contributed by atoms with E-state index in [0.29, 0.717) is 6.54 Å². The van der Waals surface area contributed by atoms with Crippen molar-refractivity contribution in [3.05, 3.63) is 0 Å². The molecule has 0 aromatic rings. The molecule has 2 atom stereocenters. The molecular weight excluding hydrogens is 171 g/mol. The van der Waals surface area contributed by atoms with E-state index in [9.17, 15) is 4.39 Å². The minimum atomic E-state index is -1.46. The lowest BCUT2D eigenvalue weighted by Crippen LogP contribution is -2.50. The maximum Gasteiger partial charge on any atom is 0.233 e. The molecule has 4 nitrogen and oxygen atoms in total. The van der Waals surface area contributed by atoms with Gasteiger partial charge in [0.05, 0.1) is 6.54 Å². The number of rotatable bonds is 1. The van der Waals surface area contributed by atoms with Crippen molar-refractivity contribution in [3.63, 3.8) is 0 Å². The first-order valence-electron chi connectivity index (χ1n) is 4.59. The van der Waals surface area contributed by atoms with Gasteiger partial charge in [-0.3, -0.25) is 10.3 Å². The van der Waals surface area contributed by atoms with Crippen LogP contribution in [0.3, 0.4) is 0 Å². The van der Waals surface area contributed by atoms with E-state index in [1.54, 1.807) is 11.9 Å². The third-order valence-corrected chi connectivity index (χ3v) is 2.74. The van der Waals surface area contributed by atoms with Crippen molar-refractivity contribution in [3.8, 4) is 0 Å². The van der Waals surface area contributed by atoms with Gasteiger partial charge < -0.3 is 10.2 Å². The van der Waals surface area contributed by atoms with Crippen LogP contribution in [0.5, 0.6) is 0 Å². The van der Waals surface area contributed by atoms with Gasteiger partial charge in [-0.15, -0.1) is 0 Å². The Morgan fingerprint density at radius 2 is 2.00 bits per heavy atom. The van der Waals surface area contributed by atoms with Crippen molar-refractivity contribution in [1.82, 2.24) is 15.1 Å². The van der Waals surface area contributed by atoms with Crippen LogP contribution in [-0.4, -0.2) is 61.2 Å². The highest BCUT2D eigenvalue weighted by Crippen LogP contribution is 2.33. The molecule has 0 radical (unpaired) electrons. The van der Waals surface area contributed by atoms with Gasteiger partial charge in [0.1, 0.15) is 0 Å². The van der Waals surface area contributed by atoms with Gasteiger partial charge in [0.2, 0.25) is 5.79 Å². The van der Waals surface area contributed by atoms with E-state index in [0.717, 1.165) is 26.2 Å². The average molecular weight is 186 g/mol. The molecule has 0 saturated carbocycles. The van der Waals surface area contributed by atoms with Gasteiger partial charge in [0.15, 0.2) is 5.84 Å². The molecule has 2 aliphatic rings. The number of alkyl halides is 1. The first-order valence-corrected chi connectivity index (χ1v) is 4.59. The SMILES string of the molecule is CN1CC1(F)C(=N)N1CCNCC1. The molecule has 13 heavy (non-hydrogen) atoms. The normalized spacial score (nSPS) is 38.9. The summed E-state index contributed by atoms with van der Waals surface area (Å²) in [6.45, 7) is 3.57. The molecule has 2 fully saturated rings. The number of nitrogens with zero attached hydrogens (tertiary/aromatic N) is 2. The van der Waals surface area contributed by atoms with Gasteiger partial charge in [-0.05, 0) is 7.05 Å². The Bertz CT molecular complexity index is 226. The molecule has 0 spiro atoms. The molecule has 0 amide bonds. The second-order valence-corrected chi connectivity index (χ2v) is 3.70. The van der Waals surface area contributed by atoms with Gasteiger partial charge in [0.25, 0.3) is 0 Å². The number of amidine groups is 1. The van der Waals surface area contributed by atoms with E-state index in [2.05, 4.69) is 5.32 Å². The molecule has 0 aromatic heterocycles. The Balaban J connectivity index is 1.96. The smallest absolute Gasteiger partial charge is 0.233 e. The van der Waals surface area contributed by atoms with Crippen LogP contribution in [0.1, 0.15) is 0 Å². The second kappa shape index (κ2) is 2.92. The summed E-state index contributed by atoms with van der Waals surface area (Å²) < 4.78 is 13.7. The number of piperazine rings is 1. The largest absolute Gasteiger partial charge is 0.354 e. The fourth-order valence-corrected chi connectivity index (χ4v) is 1.67. The molecule has 0 aromatic carbocycles. The highest BCUT2D eigenvalue weighted by Gasteiger charge is 2.56. The number of likely N-dealkylation sites (N-methyl/N-ethyl adjacent to an activating group) is 1. The summed E-state index contributed by atoms with van der Waals surface area (Å²) in [4.78, 5) is 3.37. The number of nitrogens with one attached hydrogen (secondary N) is 2. The van der Waals surface area contributed by atoms with Crippen LogP contribution in [-0.2, 0) is 0 Å². The minimum absolute atomic E-state index is 0.136. The van der Waals surface area contributed by atoms with E-state index in [1.165, 1.54) is 0 Å². The Labute approximate surface area is 77.2 Å². The maximum absolute atomic E-state index is 13.7. The maximum atomic E-state index is 13.7. The molecule has 2 aliphatic heterocycles. The van der Waals surface area contributed by atoms with E-state index in [4.69, 9.17) is 5.41 Å². The van der Waals surface area contributed by atoms with Crippen molar-refractivity contribution in [2.45, 2.75) is 5.79 Å². The fraction of sp³-hybridized carbons (Fsp3) is 0.875. The summed E-state index contributed by atoms with van der Waals surface area (Å²) in [7, 11) is 1.71. The van der Waals surface area contributed by atoms with Crippen molar-refractivity contribution in [2.24, 2.45) is 0 Å². The monoisotopic (exact) mass is 186 g/mol. The van der Waals surface area contributed by atoms with Gasteiger partial charge >= 0.3 is 0 Å². The molecule has 5 heteroatoms. The fourth-order valence-electron chi connectivity index (χ4n) is 1.67. The summed E-state index contributed by atoms with van der Waals surface area (Å²) in [6.07, 6.45) is 0. The van der Waals surface area contributed by atoms with Crippen molar-refractivity contribution in [2.75, 3.05) is 39.8 Å². The third-order valence-electron chi connectivity index (χ3n) is 2.74. The van der Waals surface area contributed by atoms with Crippen molar-refractivity contribution in [1.29, 1.82) is 5.41 Å². The summed E-state index contributed by atoms with van der Waals surface area (Å²) >= 11 is 0. The quantitative estimate of drug-likeness (QED) is 0.251. The number of halogens is 1. The molecule has 2 saturated heterocycles. The minimum Gasteiger partial charge on any atom is -0.354 e. The van der Waals surface area contributed by atoms with Crippen LogP contribution in [0, 0.1) is 5.41 Å². The Kier molecular flexibility index (Phi) is 2.00. The van der Waals surface area contributed by atoms with E-state index in [1.807, 2.05) is 4.90 Å². The summed E-state index contributed by atoms with van der Waals surface area (Å²) in [5.74, 6) is -1.33. The topological polar surface area (TPSA) is 42.1 Å². The summed E-state index contributed by atoms with van der Waals surface area (Å²) in [5.41, 5.74) is 0. The lowest BCUT2D eigenvalue weighted by atomic mass is 10.3. The molecule has 0 bridgehead atoms. The highest BCUT2D eigenvalue weighted by atomic mass is 19.2. The van der Waals surface area contributed by atoms with Gasteiger partial charge in [-0.2, -0.15) is 0 Å². The molecule has 2 N–H and O–H groups in total. The van der Waals surface area contributed by atoms with E-state index >= 15 is 0 Å². The molecule has 2 heterocycles. The Hall–Kier alpha value is -0.680. The van der Waals surface area contributed by atoms with Gasteiger partial charge in [-0.25, -0.2) is 4.39 Å². The first-order chi connectivity index (χ1) is 6.14. The van der Waals surface area contributed by atoms with Crippen LogP contribution in [0.4, 0.5) is 4.39 Å². The number of hydrogen-bond acceptors (Lipinski definition) is 3. The van der Waals surface area contributed by atoms with E-state index in [-0.39, 0.29) is 5.84 Å². The average Bonchev–Trinajstić information content (AvgIpc) is 2.76. The summed E-state index contributed by atoms with van der Waals surface area (Å²) in [6, 6.07) is 0. The second-order valence-electron chi connectivity index (χ2n) is 3.70. The number of hydrogen-bond donors (Lipinski definition) is 2. The van der Waals surface area contributed by atoms with Crippen LogP contribution < -0.4 is 5.32 Å². The van der Waals surface area contributed by atoms with Crippen LogP contribution in [0.15, 0.2) is 0 Å². The molecule has 2 unspecified atom stereocenters. The molecule has 74 valence electrons. The summed E-state index contributed by atoms with van der Waals surface area (Å²) in [5, 5.41) is 10.9. The first kappa shape index (κ1) is 8.90. The predicted octanol–water partition coefficient (Wildman–Crippen LogP) is -0.520. The van der Waals surface area contributed by atoms with Crippen LogP contribution >= 0.6 is 0 Å². The zero-order valence-corrected chi connectivity index (χ0v) is 7.81. The predicted molar refractivity (Wildman–Crippen MR) is 48.6 cm³/mol. The molecular formula is C8H15FN4. The third kappa shape index (κ3) is 1.42. The molecule has 2 rings (SSSR count). The van der Waals surface area contributed by atoms with Crippen LogP contribution in [0.2, 0.25) is 0 Å². The van der Waals surface area contributed by atoms with Crippen molar-refractivity contribution < 1.29 is 4.39 Å².